The van der Waals surface area contributed by atoms with Crippen LogP contribution >= 0.6 is 0 Å². The number of rotatable bonds is 3. The van der Waals surface area contributed by atoms with Crippen molar-refractivity contribution >= 4 is 11.8 Å². The zero-order valence-corrected chi connectivity index (χ0v) is 11.2. The second kappa shape index (κ2) is 5.55. The summed E-state index contributed by atoms with van der Waals surface area (Å²) in [5, 5.41) is 2.79. The van der Waals surface area contributed by atoms with Gasteiger partial charge in [-0.2, -0.15) is 0 Å². The van der Waals surface area contributed by atoms with E-state index >= 15 is 0 Å². The highest BCUT2D eigenvalue weighted by molar-refractivity contribution is 5.96. The molecule has 100 valence electrons. The standard InChI is InChI=1S/C14H22N2O2/c1-3-12-14(18)16(10(2)13(17)15-12)9-11-7-5-4-6-8-11/h4-5,10-12H,3,6-9H2,1-2H3,(H,15,17). The van der Waals surface area contributed by atoms with Crippen molar-refractivity contribution in [1.82, 2.24) is 10.2 Å². The molecule has 1 fully saturated rings. The van der Waals surface area contributed by atoms with E-state index in [9.17, 15) is 9.59 Å². The Morgan fingerprint density at radius 3 is 2.78 bits per heavy atom. The second-order valence-corrected chi connectivity index (χ2v) is 5.29. The quantitative estimate of drug-likeness (QED) is 0.771. The third-order valence-electron chi connectivity index (χ3n) is 3.99. The van der Waals surface area contributed by atoms with Crippen molar-refractivity contribution in [3.8, 4) is 0 Å². The molecular formula is C14H22N2O2. The number of nitrogens with zero attached hydrogens (tertiary/aromatic N) is 1. The fourth-order valence-corrected chi connectivity index (χ4v) is 2.71. The highest BCUT2D eigenvalue weighted by atomic mass is 16.2. The summed E-state index contributed by atoms with van der Waals surface area (Å²) in [4.78, 5) is 25.9. The van der Waals surface area contributed by atoms with Gasteiger partial charge >= 0.3 is 0 Å². The Hall–Kier alpha value is -1.32. The van der Waals surface area contributed by atoms with Crippen LogP contribution in [-0.4, -0.2) is 35.3 Å². The van der Waals surface area contributed by atoms with Crippen LogP contribution in [0.1, 0.15) is 39.5 Å². The third kappa shape index (κ3) is 2.57. The van der Waals surface area contributed by atoms with Crippen molar-refractivity contribution in [3.05, 3.63) is 12.2 Å². The van der Waals surface area contributed by atoms with Crippen LogP contribution < -0.4 is 5.32 Å². The summed E-state index contributed by atoms with van der Waals surface area (Å²) in [7, 11) is 0. The van der Waals surface area contributed by atoms with E-state index in [-0.39, 0.29) is 23.9 Å². The maximum absolute atomic E-state index is 12.3. The zero-order valence-electron chi connectivity index (χ0n) is 11.2. The number of allylic oxidation sites excluding steroid dienone is 2. The average Bonchev–Trinajstić information content (AvgIpc) is 2.40. The fraction of sp³-hybridized carbons (Fsp3) is 0.714. The van der Waals surface area contributed by atoms with Crippen molar-refractivity contribution in [2.45, 2.75) is 51.6 Å². The number of nitrogens with one attached hydrogen (secondary N) is 1. The van der Waals surface area contributed by atoms with Crippen LogP contribution in [0.5, 0.6) is 0 Å². The van der Waals surface area contributed by atoms with Gasteiger partial charge in [-0.05, 0) is 38.5 Å². The van der Waals surface area contributed by atoms with Gasteiger partial charge in [-0.3, -0.25) is 9.59 Å². The molecule has 18 heavy (non-hydrogen) atoms. The van der Waals surface area contributed by atoms with Crippen LogP contribution in [0.25, 0.3) is 0 Å². The number of carbonyl (C=O) groups excluding carboxylic acids is 2. The van der Waals surface area contributed by atoms with Gasteiger partial charge in [0.05, 0.1) is 0 Å². The number of hydrogen-bond acceptors (Lipinski definition) is 2. The van der Waals surface area contributed by atoms with E-state index in [1.165, 1.54) is 0 Å². The molecule has 3 atom stereocenters. The first-order valence-corrected chi connectivity index (χ1v) is 6.89. The molecule has 1 heterocycles. The fourth-order valence-electron chi connectivity index (χ4n) is 2.71. The number of amides is 2. The highest BCUT2D eigenvalue weighted by Crippen LogP contribution is 2.22. The Kier molecular flexibility index (Phi) is 4.04. The summed E-state index contributed by atoms with van der Waals surface area (Å²) in [6.45, 7) is 4.46. The second-order valence-electron chi connectivity index (χ2n) is 5.29. The molecule has 4 heteroatoms. The molecule has 0 saturated carbocycles. The molecule has 3 unspecified atom stereocenters. The zero-order chi connectivity index (χ0) is 13.1. The summed E-state index contributed by atoms with van der Waals surface area (Å²) in [6, 6.07) is -0.654. The minimum Gasteiger partial charge on any atom is -0.343 e. The lowest BCUT2D eigenvalue weighted by atomic mass is 9.92. The Morgan fingerprint density at radius 2 is 2.17 bits per heavy atom. The van der Waals surface area contributed by atoms with Gasteiger partial charge in [-0.25, -0.2) is 0 Å². The molecule has 2 rings (SSSR count). The lowest BCUT2D eigenvalue weighted by Gasteiger charge is -2.39. The van der Waals surface area contributed by atoms with E-state index < -0.39 is 0 Å². The highest BCUT2D eigenvalue weighted by Gasteiger charge is 2.37. The smallest absolute Gasteiger partial charge is 0.245 e. The normalized spacial score (nSPS) is 32.6. The Bertz CT molecular complexity index is 365. The first-order chi connectivity index (χ1) is 8.63. The molecule has 0 aromatic rings. The first kappa shape index (κ1) is 13.1. The first-order valence-electron chi connectivity index (χ1n) is 6.89. The van der Waals surface area contributed by atoms with Crippen LogP contribution in [-0.2, 0) is 9.59 Å². The van der Waals surface area contributed by atoms with Gasteiger partial charge in [0, 0.05) is 6.54 Å². The predicted octanol–water partition coefficient (Wildman–Crippen LogP) is 1.47. The third-order valence-corrected chi connectivity index (χ3v) is 3.99. The van der Waals surface area contributed by atoms with Gasteiger partial charge in [0.1, 0.15) is 12.1 Å². The molecular weight excluding hydrogens is 228 g/mol. The maximum Gasteiger partial charge on any atom is 0.245 e. The molecule has 2 amide bonds. The van der Waals surface area contributed by atoms with Crippen LogP contribution in [0.3, 0.4) is 0 Å². The number of piperazine rings is 1. The molecule has 1 N–H and O–H groups in total. The summed E-state index contributed by atoms with van der Waals surface area (Å²) >= 11 is 0. The molecule has 0 bridgehead atoms. The minimum atomic E-state index is -0.328. The van der Waals surface area contributed by atoms with E-state index in [0.717, 1.165) is 19.3 Å². The maximum atomic E-state index is 12.3. The summed E-state index contributed by atoms with van der Waals surface area (Å²) in [5.74, 6) is 0.566. The van der Waals surface area contributed by atoms with Crippen molar-refractivity contribution in [3.63, 3.8) is 0 Å². The van der Waals surface area contributed by atoms with E-state index in [2.05, 4.69) is 17.5 Å². The van der Waals surface area contributed by atoms with Gasteiger partial charge < -0.3 is 10.2 Å². The van der Waals surface area contributed by atoms with Crippen molar-refractivity contribution in [2.75, 3.05) is 6.54 Å². The molecule has 1 aliphatic heterocycles. The molecule has 0 aromatic carbocycles. The van der Waals surface area contributed by atoms with E-state index in [1.54, 1.807) is 4.90 Å². The van der Waals surface area contributed by atoms with Gasteiger partial charge in [-0.15, -0.1) is 0 Å². The lowest BCUT2D eigenvalue weighted by molar-refractivity contribution is -0.149. The Balaban J connectivity index is 2.05. The van der Waals surface area contributed by atoms with Crippen LogP contribution in [0.15, 0.2) is 12.2 Å². The molecule has 0 aromatic heterocycles. The SMILES string of the molecule is CCC1NC(=O)C(C)N(CC2CC=CCC2)C1=O. The molecule has 1 saturated heterocycles. The van der Waals surface area contributed by atoms with E-state index in [1.807, 2.05) is 13.8 Å². The van der Waals surface area contributed by atoms with Gasteiger partial charge in [0.25, 0.3) is 0 Å². The number of carbonyl (C=O) groups is 2. The predicted molar refractivity (Wildman–Crippen MR) is 69.9 cm³/mol. The monoisotopic (exact) mass is 250 g/mol. The van der Waals surface area contributed by atoms with Gasteiger partial charge in [0.15, 0.2) is 0 Å². The topological polar surface area (TPSA) is 49.4 Å². The lowest BCUT2D eigenvalue weighted by Crippen LogP contribution is -2.62. The van der Waals surface area contributed by atoms with Crippen LogP contribution in [0.2, 0.25) is 0 Å². The molecule has 4 nitrogen and oxygen atoms in total. The summed E-state index contributed by atoms with van der Waals surface area (Å²) in [6.07, 6.45) is 8.27. The van der Waals surface area contributed by atoms with Crippen molar-refractivity contribution < 1.29 is 9.59 Å². The van der Waals surface area contributed by atoms with Crippen LogP contribution in [0.4, 0.5) is 0 Å². The minimum absolute atomic E-state index is 0.0206. The summed E-state index contributed by atoms with van der Waals surface area (Å²) in [5.41, 5.74) is 0. The molecule has 0 spiro atoms. The largest absolute Gasteiger partial charge is 0.343 e. The number of hydrogen-bond donors (Lipinski definition) is 1. The van der Waals surface area contributed by atoms with Crippen molar-refractivity contribution in [2.24, 2.45) is 5.92 Å². The van der Waals surface area contributed by atoms with Gasteiger partial charge in [0.2, 0.25) is 11.8 Å². The van der Waals surface area contributed by atoms with E-state index in [0.29, 0.717) is 18.9 Å². The summed E-state index contributed by atoms with van der Waals surface area (Å²) < 4.78 is 0. The van der Waals surface area contributed by atoms with Crippen LogP contribution in [0, 0.1) is 5.92 Å². The Morgan fingerprint density at radius 1 is 1.39 bits per heavy atom. The van der Waals surface area contributed by atoms with Crippen molar-refractivity contribution in [1.29, 1.82) is 0 Å². The van der Waals surface area contributed by atoms with E-state index in [4.69, 9.17) is 0 Å². The van der Waals surface area contributed by atoms with Gasteiger partial charge in [-0.1, -0.05) is 19.1 Å². The Labute approximate surface area is 108 Å². The molecule has 1 aliphatic carbocycles. The average molecular weight is 250 g/mol. The molecule has 2 aliphatic rings. The molecule has 0 radical (unpaired) electrons.